The van der Waals surface area contributed by atoms with E-state index in [0.29, 0.717) is 11.8 Å². The maximum Gasteiger partial charge on any atom is 0.192 e. The van der Waals surface area contributed by atoms with E-state index in [4.69, 9.17) is 9.16 Å². The van der Waals surface area contributed by atoms with Crippen molar-refractivity contribution in [2.45, 2.75) is 62.5 Å². The van der Waals surface area contributed by atoms with Gasteiger partial charge in [0.25, 0.3) is 0 Å². The monoisotopic (exact) mass is 392 g/mol. The lowest BCUT2D eigenvalue weighted by atomic mass is 9.87. The van der Waals surface area contributed by atoms with Crippen LogP contribution in [0.5, 0.6) is 0 Å². The largest absolute Gasteiger partial charge is 0.411 e. The smallest absolute Gasteiger partial charge is 0.192 e. The molecule has 1 saturated heterocycles. The van der Waals surface area contributed by atoms with Crippen LogP contribution < -0.4 is 0 Å². The van der Waals surface area contributed by atoms with Crippen LogP contribution in [-0.4, -0.2) is 31.3 Å². The van der Waals surface area contributed by atoms with Gasteiger partial charge >= 0.3 is 0 Å². The highest BCUT2D eigenvalue weighted by Crippen LogP contribution is 2.54. The first-order chi connectivity index (χ1) is 9.44. The van der Waals surface area contributed by atoms with Crippen molar-refractivity contribution in [1.29, 1.82) is 0 Å². The van der Waals surface area contributed by atoms with Crippen LogP contribution in [0.15, 0.2) is 11.0 Å². The van der Waals surface area contributed by atoms with Gasteiger partial charge in [0.1, 0.15) is 0 Å². The van der Waals surface area contributed by atoms with Crippen LogP contribution in [-0.2, 0) is 9.16 Å². The molecule has 0 saturated carbocycles. The number of hydrogen-bond acceptors (Lipinski definition) is 3. The molecule has 122 valence electrons. The number of ether oxygens (including phenoxy) is 1. The molecule has 5 heteroatoms. The number of allylic oxidation sites excluding steroid dienone is 2. The summed E-state index contributed by atoms with van der Waals surface area (Å²) < 4.78 is 12.6. The molecule has 0 aromatic heterocycles. The highest BCUT2D eigenvalue weighted by Gasteiger charge is 2.49. The van der Waals surface area contributed by atoms with Gasteiger partial charge < -0.3 is 9.16 Å². The van der Waals surface area contributed by atoms with E-state index in [1.54, 1.807) is 0 Å². The second-order valence-electron chi connectivity index (χ2n) is 8.01. The Kier molecular flexibility index (Phi) is 5.13. The summed E-state index contributed by atoms with van der Waals surface area (Å²) in [6.07, 6.45) is 2.64. The van der Waals surface area contributed by atoms with E-state index in [2.05, 4.69) is 69.7 Å². The summed E-state index contributed by atoms with van der Waals surface area (Å²) in [6, 6.07) is 0. The summed E-state index contributed by atoms with van der Waals surface area (Å²) >= 11 is 5.84. The quantitative estimate of drug-likeness (QED) is 0.472. The zero-order valence-electron chi connectivity index (χ0n) is 14.3. The molecule has 0 aliphatic carbocycles. The summed E-state index contributed by atoms with van der Waals surface area (Å²) in [5.74, 6) is 0.924. The van der Waals surface area contributed by atoms with Crippen molar-refractivity contribution >= 4 is 36.0 Å². The maximum absolute atomic E-state index is 6.67. The lowest BCUT2D eigenvalue weighted by Crippen LogP contribution is -2.47. The molecule has 1 fully saturated rings. The Hall–Kier alpha value is 0.707. The molecule has 2 unspecified atom stereocenters. The number of halogens is 1. The van der Waals surface area contributed by atoms with E-state index < -0.39 is 8.32 Å². The Morgan fingerprint density at radius 2 is 2.00 bits per heavy atom. The fraction of sp³-hybridized carbons (Fsp3) is 0.875. The second-order valence-corrected chi connectivity index (χ2v) is 16.6. The summed E-state index contributed by atoms with van der Waals surface area (Å²) in [4.78, 5) is 1.40. The minimum atomic E-state index is -1.75. The van der Waals surface area contributed by atoms with Gasteiger partial charge in [0, 0.05) is 11.8 Å². The summed E-state index contributed by atoms with van der Waals surface area (Å²) in [5.41, 5.74) is 0. The van der Waals surface area contributed by atoms with Gasteiger partial charge in [-0.1, -0.05) is 42.8 Å². The van der Waals surface area contributed by atoms with Crippen molar-refractivity contribution in [3.8, 4) is 0 Å². The van der Waals surface area contributed by atoms with Gasteiger partial charge in [0.2, 0.25) is 0 Å². The first kappa shape index (κ1) is 18.1. The van der Waals surface area contributed by atoms with Crippen molar-refractivity contribution in [3.05, 3.63) is 11.0 Å². The van der Waals surface area contributed by atoms with E-state index in [0.717, 1.165) is 13.2 Å². The van der Waals surface area contributed by atoms with Crippen molar-refractivity contribution in [1.82, 2.24) is 0 Å². The Bertz CT molecular complexity index is 428. The molecule has 2 heterocycles. The first-order valence-corrected chi connectivity index (χ1v) is 12.3. The van der Waals surface area contributed by atoms with E-state index in [9.17, 15) is 0 Å². The van der Waals surface area contributed by atoms with Crippen LogP contribution >= 0.6 is 27.7 Å². The third kappa shape index (κ3) is 3.79. The average molecular weight is 393 g/mol. The SMILES string of the molecule is CC1=CC([C@H]2COC[C@@H]2O[Si](C)(C)C(C)(C)C)C(C)(Br)S1. The molecule has 0 aromatic carbocycles. The topological polar surface area (TPSA) is 18.5 Å². The standard InChI is InChI=1S/C16H29BrO2SSi/c1-11-8-13(16(5,17)20-11)12-9-18-10-14(12)19-21(6,7)15(2,3)4/h8,12-14H,9-10H2,1-7H3/t12-,13?,14+,16?/m1/s1. The second kappa shape index (κ2) is 5.97. The van der Waals surface area contributed by atoms with Crippen molar-refractivity contribution < 1.29 is 9.16 Å². The molecular formula is C16H29BrO2SSi. The molecule has 0 N–H and O–H groups in total. The average Bonchev–Trinajstić information content (AvgIpc) is 2.80. The van der Waals surface area contributed by atoms with Crippen molar-refractivity contribution in [2.75, 3.05) is 13.2 Å². The highest BCUT2D eigenvalue weighted by atomic mass is 79.9. The molecule has 0 spiro atoms. The van der Waals surface area contributed by atoms with Crippen LogP contribution in [0, 0.1) is 11.8 Å². The molecule has 0 radical (unpaired) electrons. The molecule has 2 aliphatic heterocycles. The fourth-order valence-electron chi connectivity index (χ4n) is 2.89. The minimum Gasteiger partial charge on any atom is -0.411 e. The third-order valence-electron chi connectivity index (χ3n) is 5.15. The van der Waals surface area contributed by atoms with Gasteiger partial charge in [-0.15, -0.1) is 11.8 Å². The molecule has 0 bridgehead atoms. The van der Waals surface area contributed by atoms with Gasteiger partial charge in [-0.25, -0.2) is 0 Å². The predicted molar refractivity (Wildman–Crippen MR) is 98.5 cm³/mol. The van der Waals surface area contributed by atoms with Crippen molar-refractivity contribution in [2.24, 2.45) is 11.8 Å². The van der Waals surface area contributed by atoms with Gasteiger partial charge in [0.05, 0.1) is 23.0 Å². The Morgan fingerprint density at radius 1 is 1.38 bits per heavy atom. The molecule has 4 atom stereocenters. The number of thioether (sulfide) groups is 1. The van der Waals surface area contributed by atoms with Gasteiger partial charge in [-0.3, -0.25) is 0 Å². The number of alkyl halides is 1. The summed E-state index contributed by atoms with van der Waals surface area (Å²) in [7, 11) is -1.75. The van der Waals surface area contributed by atoms with E-state index >= 15 is 0 Å². The summed E-state index contributed by atoms with van der Waals surface area (Å²) in [5, 5.41) is 0.244. The molecule has 2 nitrogen and oxygen atoms in total. The zero-order chi connectivity index (χ0) is 16.1. The van der Waals surface area contributed by atoms with Gasteiger partial charge in [-0.2, -0.15) is 0 Å². The van der Waals surface area contributed by atoms with Crippen LogP contribution in [0.25, 0.3) is 0 Å². The normalized spacial score (nSPS) is 37.9. The molecule has 21 heavy (non-hydrogen) atoms. The maximum atomic E-state index is 6.67. The van der Waals surface area contributed by atoms with Crippen LogP contribution in [0.4, 0.5) is 0 Å². The Balaban J connectivity index is 2.15. The predicted octanol–water partition coefficient (Wildman–Crippen LogP) is 5.40. The van der Waals surface area contributed by atoms with Gasteiger partial charge in [0.15, 0.2) is 8.32 Å². The number of hydrogen-bond donors (Lipinski definition) is 0. The highest BCUT2D eigenvalue weighted by molar-refractivity contribution is 9.12. The Labute approximate surface area is 143 Å². The minimum absolute atomic E-state index is 0.0739. The Morgan fingerprint density at radius 3 is 2.48 bits per heavy atom. The van der Waals surface area contributed by atoms with Crippen molar-refractivity contribution in [3.63, 3.8) is 0 Å². The molecule has 0 amide bonds. The van der Waals surface area contributed by atoms with E-state index in [-0.39, 0.29) is 14.8 Å². The van der Waals surface area contributed by atoms with E-state index in [1.165, 1.54) is 4.91 Å². The fourth-order valence-corrected chi connectivity index (χ4v) is 6.70. The molecule has 2 rings (SSSR count). The summed E-state index contributed by atoms with van der Waals surface area (Å²) in [6.45, 7) is 17.6. The van der Waals surface area contributed by atoms with Crippen LogP contribution in [0.3, 0.4) is 0 Å². The van der Waals surface area contributed by atoms with E-state index in [1.807, 2.05) is 11.8 Å². The number of rotatable bonds is 3. The lowest BCUT2D eigenvalue weighted by Gasteiger charge is -2.41. The van der Waals surface area contributed by atoms with Gasteiger partial charge in [-0.05, 0) is 36.9 Å². The first-order valence-electron chi connectivity index (χ1n) is 7.76. The molecule has 0 aromatic rings. The van der Waals surface area contributed by atoms with Crippen LogP contribution in [0.2, 0.25) is 18.1 Å². The third-order valence-corrected chi connectivity index (χ3v) is 11.8. The van der Waals surface area contributed by atoms with Crippen LogP contribution in [0.1, 0.15) is 34.6 Å². The zero-order valence-corrected chi connectivity index (χ0v) is 17.7. The lowest BCUT2D eigenvalue weighted by molar-refractivity contribution is 0.118. The molecule has 2 aliphatic rings. The molecular weight excluding hydrogens is 364 g/mol.